The second kappa shape index (κ2) is 5.88. The molecule has 0 aliphatic carbocycles. The fourth-order valence-electron chi connectivity index (χ4n) is 1.60. The molecule has 3 N–H and O–H groups in total. The summed E-state index contributed by atoms with van der Waals surface area (Å²) in [5.74, 6) is -0.365. The van der Waals surface area contributed by atoms with Crippen LogP contribution in [0.2, 0.25) is 5.02 Å². The van der Waals surface area contributed by atoms with Crippen LogP contribution in [0.4, 0.5) is 5.69 Å². The number of anilines is 1. The van der Waals surface area contributed by atoms with Crippen molar-refractivity contribution in [2.75, 3.05) is 5.32 Å². The van der Waals surface area contributed by atoms with Gasteiger partial charge in [0.1, 0.15) is 0 Å². The van der Waals surface area contributed by atoms with E-state index in [2.05, 4.69) is 5.32 Å². The van der Waals surface area contributed by atoms with Crippen molar-refractivity contribution in [3.05, 3.63) is 59.1 Å². The van der Waals surface area contributed by atoms with Crippen LogP contribution in [-0.4, -0.2) is 23.1 Å². The molecule has 0 radical (unpaired) electrons. The van der Waals surface area contributed by atoms with E-state index in [1.165, 1.54) is 12.1 Å². The highest BCUT2D eigenvalue weighted by Gasteiger charge is 2.14. The van der Waals surface area contributed by atoms with Gasteiger partial charge < -0.3 is 15.4 Å². The Kier molecular flexibility index (Phi) is 4.22. The first-order chi connectivity index (χ1) is 9.08. The highest BCUT2D eigenvalue weighted by Crippen LogP contribution is 2.20. The van der Waals surface area contributed by atoms with Crippen LogP contribution in [0.5, 0.6) is 0 Å². The maximum absolute atomic E-state index is 12.0. The molecule has 0 aliphatic heterocycles. The molecule has 0 bridgehead atoms. The zero-order chi connectivity index (χ0) is 13.8. The summed E-state index contributed by atoms with van der Waals surface area (Å²) >= 11 is 5.94. The summed E-state index contributed by atoms with van der Waals surface area (Å²) in [6.45, 7) is 0. The zero-order valence-corrected chi connectivity index (χ0v) is 10.6. The van der Waals surface area contributed by atoms with Crippen molar-refractivity contribution in [1.29, 1.82) is 0 Å². The molecule has 0 saturated carbocycles. The Morgan fingerprint density at radius 1 is 1.11 bits per heavy atom. The molecule has 2 aromatic rings. The van der Waals surface area contributed by atoms with Crippen LogP contribution in [-0.2, 0) is 0 Å². The SMILES string of the molecule is O=C(Nc1ccccc1Cl)c1cccc(B(O)O)c1. The summed E-state index contributed by atoms with van der Waals surface area (Å²) in [4.78, 5) is 12.0. The summed E-state index contributed by atoms with van der Waals surface area (Å²) in [7, 11) is -1.60. The van der Waals surface area contributed by atoms with Crippen molar-refractivity contribution in [2.45, 2.75) is 0 Å². The lowest BCUT2D eigenvalue weighted by atomic mass is 9.79. The average molecular weight is 276 g/mol. The monoisotopic (exact) mass is 275 g/mol. The molecule has 0 atom stereocenters. The van der Waals surface area contributed by atoms with Gasteiger partial charge in [0.05, 0.1) is 10.7 Å². The highest BCUT2D eigenvalue weighted by molar-refractivity contribution is 6.58. The van der Waals surface area contributed by atoms with Crippen LogP contribution >= 0.6 is 11.6 Å². The maximum atomic E-state index is 12.0. The van der Waals surface area contributed by atoms with Gasteiger partial charge in [0.2, 0.25) is 0 Å². The Bertz CT molecular complexity index is 604. The number of benzene rings is 2. The quantitative estimate of drug-likeness (QED) is 0.739. The van der Waals surface area contributed by atoms with Crippen molar-refractivity contribution in [2.24, 2.45) is 0 Å². The molecule has 2 aromatic carbocycles. The number of nitrogens with one attached hydrogen (secondary N) is 1. The minimum atomic E-state index is -1.60. The Morgan fingerprint density at radius 2 is 1.84 bits per heavy atom. The molecule has 2 rings (SSSR count). The van der Waals surface area contributed by atoms with E-state index in [1.807, 2.05) is 0 Å². The van der Waals surface area contributed by atoms with Gasteiger partial charge in [0.15, 0.2) is 0 Å². The average Bonchev–Trinajstić information content (AvgIpc) is 2.41. The number of carbonyl (C=O) groups excluding carboxylic acids is 1. The van der Waals surface area contributed by atoms with Crippen LogP contribution in [0.1, 0.15) is 10.4 Å². The number of hydrogen-bond donors (Lipinski definition) is 3. The van der Waals surface area contributed by atoms with Gasteiger partial charge in [-0.05, 0) is 29.7 Å². The Morgan fingerprint density at radius 3 is 2.53 bits per heavy atom. The van der Waals surface area contributed by atoms with Gasteiger partial charge in [-0.1, -0.05) is 35.9 Å². The van der Waals surface area contributed by atoms with Crippen molar-refractivity contribution >= 4 is 35.8 Å². The van der Waals surface area contributed by atoms with Crippen LogP contribution in [0.25, 0.3) is 0 Å². The van der Waals surface area contributed by atoms with Crippen molar-refractivity contribution < 1.29 is 14.8 Å². The third-order valence-electron chi connectivity index (χ3n) is 2.57. The molecule has 0 unspecified atom stereocenters. The molecular weight excluding hydrogens is 264 g/mol. The van der Waals surface area contributed by atoms with E-state index < -0.39 is 7.12 Å². The number of carbonyl (C=O) groups is 1. The second-order valence-electron chi connectivity index (χ2n) is 3.93. The van der Waals surface area contributed by atoms with Crippen LogP contribution in [0, 0.1) is 0 Å². The molecule has 0 aliphatic rings. The van der Waals surface area contributed by atoms with E-state index in [0.29, 0.717) is 16.3 Å². The van der Waals surface area contributed by atoms with Gasteiger partial charge in [-0.25, -0.2) is 0 Å². The van der Waals surface area contributed by atoms with E-state index in [4.69, 9.17) is 21.6 Å². The van der Waals surface area contributed by atoms with E-state index in [-0.39, 0.29) is 11.4 Å². The van der Waals surface area contributed by atoms with Gasteiger partial charge in [-0.2, -0.15) is 0 Å². The summed E-state index contributed by atoms with van der Waals surface area (Å²) in [5, 5.41) is 21.2. The fourth-order valence-corrected chi connectivity index (χ4v) is 1.78. The van der Waals surface area contributed by atoms with Crippen molar-refractivity contribution in [1.82, 2.24) is 0 Å². The molecule has 6 heteroatoms. The van der Waals surface area contributed by atoms with Crippen LogP contribution in [0.3, 0.4) is 0 Å². The zero-order valence-electron chi connectivity index (χ0n) is 9.88. The van der Waals surface area contributed by atoms with Gasteiger partial charge in [-0.3, -0.25) is 4.79 Å². The molecule has 0 spiro atoms. The Balaban J connectivity index is 2.21. The predicted molar refractivity (Wildman–Crippen MR) is 75.7 cm³/mol. The smallest absolute Gasteiger partial charge is 0.423 e. The summed E-state index contributed by atoms with van der Waals surface area (Å²) < 4.78 is 0. The third kappa shape index (κ3) is 3.35. The third-order valence-corrected chi connectivity index (χ3v) is 2.90. The van der Waals surface area contributed by atoms with E-state index in [0.717, 1.165) is 0 Å². The highest BCUT2D eigenvalue weighted by atomic mass is 35.5. The lowest BCUT2D eigenvalue weighted by Crippen LogP contribution is -2.30. The molecule has 0 fully saturated rings. The first kappa shape index (κ1) is 13.6. The largest absolute Gasteiger partial charge is 0.488 e. The van der Waals surface area contributed by atoms with Gasteiger partial charge >= 0.3 is 7.12 Å². The topological polar surface area (TPSA) is 69.6 Å². The maximum Gasteiger partial charge on any atom is 0.488 e. The molecule has 96 valence electrons. The lowest BCUT2D eigenvalue weighted by Gasteiger charge is -2.08. The van der Waals surface area contributed by atoms with Crippen LogP contribution < -0.4 is 10.8 Å². The van der Waals surface area contributed by atoms with E-state index in [9.17, 15) is 4.79 Å². The van der Waals surface area contributed by atoms with Crippen LogP contribution in [0.15, 0.2) is 48.5 Å². The molecular formula is C13H11BClNO3. The Hall–Kier alpha value is -1.82. The lowest BCUT2D eigenvalue weighted by molar-refractivity contribution is 0.102. The second-order valence-corrected chi connectivity index (χ2v) is 4.34. The molecule has 4 nitrogen and oxygen atoms in total. The number of hydrogen-bond acceptors (Lipinski definition) is 3. The molecule has 0 saturated heterocycles. The molecule has 19 heavy (non-hydrogen) atoms. The first-order valence-corrected chi connectivity index (χ1v) is 5.97. The minimum absolute atomic E-state index is 0.256. The van der Waals surface area contributed by atoms with Gasteiger partial charge in [0.25, 0.3) is 5.91 Å². The van der Waals surface area contributed by atoms with Crippen molar-refractivity contribution in [3.63, 3.8) is 0 Å². The minimum Gasteiger partial charge on any atom is -0.423 e. The molecule has 0 aromatic heterocycles. The number of halogens is 1. The Labute approximate surface area is 115 Å². The number of amides is 1. The molecule has 1 amide bonds. The normalized spacial score (nSPS) is 10.1. The fraction of sp³-hybridized carbons (Fsp3) is 0. The standard InChI is InChI=1S/C13H11BClNO3/c15-11-6-1-2-7-12(11)16-13(17)9-4-3-5-10(8-9)14(18)19/h1-8,18-19H,(H,16,17). The molecule has 0 heterocycles. The summed E-state index contributed by atoms with van der Waals surface area (Å²) in [5.41, 5.74) is 1.08. The predicted octanol–water partition coefficient (Wildman–Crippen LogP) is 1.27. The van der Waals surface area contributed by atoms with E-state index >= 15 is 0 Å². The summed E-state index contributed by atoms with van der Waals surface area (Å²) in [6, 6.07) is 13.0. The number of rotatable bonds is 3. The van der Waals surface area contributed by atoms with Gasteiger partial charge in [-0.15, -0.1) is 0 Å². The van der Waals surface area contributed by atoms with E-state index in [1.54, 1.807) is 36.4 Å². The summed E-state index contributed by atoms with van der Waals surface area (Å²) in [6.07, 6.45) is 0. The van der Waals surface area contributed by atoms with Gasteiger partial charge in [0, 0.05) is 5.56 Å². The van der Waals surface area contributed by atoms with Crippen molar-refractivity contribution in [3.8, 4) is 0 Å². The first-order valence-electron chi connectivity index (χ1n) is 5.60. The number of para-hydroxylation sites is 1.